The third-order valence-corrected chi connectivity index (χ3v) is 1.94. The molecule has 1 aliphatic rings. The quantitative estimate of drug-likeness (QED) is 0.511. The molecule has 2 N–H and O–H groups in total. The van der Waals surface area contributed by atoms with Crippen molar-refractivity contribution in [1.82, 2.24) is 4.90 Å². The molecule has 1 aliphatic heterocycles. The molecule has 0 bridgehead atoms. The van der Waals surface area contributed by atoms with Crippen molar-refractivity contribution in [2.45, 2.75) is 18.4 Å². The highest BCUT2D eigenvalue weighted by Crippen LogP contribution is 2.15. The molecule has 10 heavy (non-hydrogen) atoms. The van der Waals surface area contributed by atoms with E-state index in [9.17, 15) is 0 Å². The van der Waals surface area contributed by atoms with Gasteiger partial charge in [-0.1, -0.05) is 0 Å². The predicted octanol–water partition coefficient (Wildman–Crippen LogP) is -0.0669. The number of likely N-dealkylation sites (N-methyl/N-ethyl adjacent to an activating group) is 1. The Balaban J connectivity index is 2.56. The molecule has 3 heteroatoms. The van der Waals surface area contributed by atoms with Crippen molar-refractivity contribution < 1.29 is 0 Å². The molecule has 0 spiro atoms. The SMILES string of the molecule is CN1CCCC(N)(C#N)C1. The fourth-order valence-corrected chi connectivity index (χ4v) is 1.40. The molecule has 0 radical (unpaired) electrons. The molecule has 0 aromatic rings. The molecule has 0 aromatic heterocycles. The average Bonchev–Trinajstić information content (AvgIpc) is 1.88. The van der Waals surface area contributed by atoms with E-state index in [-0.39, 0.29) is 0 Å². The van der Waals surface area contributed by atoms with Crippen LogP contribution in [0.2, 0.25) is 0 Å². The molecule has 1 saturated heterocycles. The van der Waals surface area contributed by atoms with E-state index in [0.29, 0.717) is 6.54 Å². The summed E-state index contributed by atoms with van der Waals surface area (Å²) in [6.07, 6.45) is 1.88. The fourth-order valence-electron chi connectivity index (χ4n) is 1.40. The lowest BCUT2D eigenvalue weighted by Gasteiger charge is -2.32. The predicted molar refractivity (Wildman–Crippen MR) is 39.3 cm³/mol. The standard InChI is InChI=1S/C7H13N3/c1-10-4-2-3-7(9,5-8)6-10/h2-4,6,9H2,1H3. The van der Waals surface area contributed by atoms with Crippen LogP contribution >= 0.6 is 0 Å². The van der Waals surface area contributed by atoms with Gasteiger partial charge in [-0.15, -0.1) is 0 Å². The Morgan fingerprint density at radius 1 is 1.70 bits per heavy atom. The van der Waals surface area contributed by atoms with Crippen LogP contribution in [0.15, 0.2) is 0 Å². The van der Waals surface area contributed by atoms with E-state index in [1.54, 1.807) is 0 Å². The maximum absolute atomic E-state index is 8.67. The number of hydrogen-bond acceptors (Lipinski definition) is 3. The summed E-state index contributed by atoms with van der Waals surface area (Å²) in [7, 11) is 2.00. The van der Waals surface area contributed by atoms with Crippen molar-refractivity contribution in [3.8, 4) is 6.07 Å². The summed E-state index contributed by atoms with van der Waals surface area (Å²) in [6, 6.07) is 2.15. The van der Waals surface area contributed by atoms with Crippen LogP contribution in [0.3, 0.4) is 0 Å². The fraction of sp³-hybridized carbons (Fsp3) is 0.857. The molecule has 56 valence electrons. The molecule has 1 unspecified atom stereocenters. The Kier molecular flexibility index (Phi) is 1.93. The molecule has 0 aromatic carbocycles. The molecule has 1 rings (SSSR count). The van der Waals surface area contributed by atoms with E-state index < -0.39 is 5.54 Å². The first-order chi connectivity index (χ1) is 4.66. The molecular formula is C7H13N3. The lowest BCUT2D eigenvalue weighted by atomic mass is 9.92. The van der Waals surface area contributed by atoms with Crippen LogP contribution in [0.4, 0.5) is 0 Å². The number of nitriles is 1. The van der Waals surface area contributed by atoms with E-state index in [1.807, 2.05) is 7.05 Å². The second-order valence-electron chi connectivity index (χ2n) is 3.11. The Bertz CT molecular complexity index is 161. The van der Waals surface area contributed by atoms with Gasteiger partial charge in [-0.2, -0.15) is 5.26 Å². The van der Waals surface area contributed by atoms with Gasteiger partial charge in [0.2, 0.25) is 0 Å². The van der Waals surface area contributed by atoms with Gasteiger partial charge in [0.15, 0.2) is 0 Å². The van der Waals surface area contributed by atoms with Gasteiger partial charge in [-0.25, -0.2) is 0 Å². The third kappa shape index (κ3) is 1.47. The van der Waals surface area contributed by atoms with Crippen LogP contribution in [0.1, 0.15) is 12.8 Å². The summed E-state index contributed by atoms with van der Waals surface area (Å²) < 4.78 is 0. The normalized spacial score (nSPS) is 35.3. The third-order valence-electron chi connectivity index (χ3n) is 1.94. The zero-order chi connectivity index (χ0) is 7.61. The highest BCUT2D eigenvalue weighted by molar-refractivity contribution is 5.07. The molecule has 0 amide bonds. The second-order valence-corrected chi connectivity index (χ2v) is 3.11. The topological polar surface area (TPSA) is 53.0 Å². The summed E-state index contributed by atoms with van der Waals surface area (Å²) in [5.74, 6) is 0. The molecular weight excluding hydrogens is 126 g/mol. The van der Waals surface area contributed by atoms with Gasteiger partial charge in [-0.3, -0.25) is 0 Å². The van der Waals surface area contributed by atoms with Gasteiger partial charge in [0.25, 0.3) is 0 Å². The van der Waals surface area contributed by atoms with E-state index in [2.05, 4.69) is 11.0 Å². The number of likely N-dealkylation sites (tertiary alicyclic amines) is 1. The van der Waals surface area contributed by atoms with Crippen LogP contribution in [-0.4, -0.2) is 30.6 Å². The van der Waals surface area contributed by atoms with Gasteiger partial charge < -0.3 is 10.6 Å². The maximum Gasteiger partial charge on any atom is 0.117 e. The van der Waals surface area contributed by atoms with Crippen molar-refractivity contribution in [2.24, 2.45) is 5.73 Å². The maximum atomic E-state index is 8.67. The molecule has 0 saturated carbocycles. The monoisotopic (exact) mass is 139 g/mol. The Morgan fingerprint density at radius 2 is 2.40 bits per heavy atom. The van der Waals surface area contributed by atoms with Crippen molar-refractivity contribution >= 4 is 0 Å². The highest BCUT2D eigenvalue weighted by Gasteiger charge is 2.29. The summed E-state index contributed by atoms with van der Waals surface area (Å²) in [5, 5.41) is 8.67. The van der Waals surface area contributed by atoms with E-state index in [4.69, 9.17) is 11.0 Å². The zero-order valence-electron chi connectivity index (χ0n) is 6.30. The second kappa shape index (κ2) is 2.57. The van der Waals surface area contributed by atoms with Crippen LogP contribution in [-0.2, 0) is 0 Å². The first-order valence-corrected chi connectivity index (χ1v) is 3.55. The summed E-state index contributed by atoms with van der Waals surface area (Å²) >= 11 is 0. The molecule has 3 nitrogen and oxygen atoms in total. The minimum Gasteiger partial charge on any atom is -0.312 e. The number of hydrogen-bond donors (Lipinski definition) is 1. The lowest BCUT2D eigenvalue weighted by molar-refractivity contribution is 0.215. The minimum atomic E-state index is -0.576. The number of nitrogens with zero attached hydrogens (tertiary/aromatic N) is 2. The van der Waals surface area contributed by atoms with Gasteiger partial charge in [0.1, 0.15) is 5.54 Å². The Hall–Kier alpha value is -0.590. The Morgan fingerprint density at radius 3 is 2.80 bits per heavy atom. The highest BCUT2D eigenvalue weighted by atomic mass is 15.1. The Labute approximate surface area is 61.4 Å². The van der Waals surface area contributed by atoms with E-state index in [1.165, 1.54) is 0 Å². The van der Waals surface area contributed by atoms with Crippen molar-refractivity contribution in [3.63, 3.8) is 0 Å². The van der Waals surface area contributed by atoms with Crippen molar-refractivity contribution in [1.29, 1.82) is 5.26 Å². The molecule has 1 heterocycles. The molecule has 0 aliphatic carbocycles. The number of piperidine rings is 1. The van der Waals surface area contributed by atoms with Gasteiger partial charge in [0, 0.05) is 6.54 Å². The van der Waals surface area contributed by atoms with Crippen LogP contribution in [0, 0.1) is 11.3 Å². The van der Waals surface area contributed by atoms with Crippen molar-refractivity contribution in [3.05, 3.63) is 0 Å². The van der Waals surface area contributed by atoms with Crippen LogP contribution in [0.5, 0.6) is 0 Å². The van der Waals surface area contributed by atoms with Crippen molar-refractivity contribution in [2.75, 3.05) is 20.1 Å². The van der Waals surface area contributed by atoms with E-state index >= 15 is 0 Å². The van der Waals surface area contributed by atoms with Gasteiger partial charge in [-0.05, 0) is 26.4 Å². The summed E-state index contributed by atoms with van der Waals surface area (Å²) in [4.78, 5) is 2.10. The summed E-state index contributed by atoms with van der Waals surface area (Å²) in [5.41, 5.74) is 5.17. The average molecular weight is 139 g/mol. The molecule has 1 fully saturated rings. The number of nitrogens with two attached hydrogens (primary N) is 1. The largest absolute Gasteiger partial charge is 0.312 e. The zero-order valence-corrected chi connectivity index (χ0v) is 6.30. The van der Waals surface area contributed by atoms with Gasteiger partial charge >= 0.3 is 0 Å². The van der Waals surface area contributed by atoms with Gasteiger partial charge in [0.05, 0.1) is 6.07 Å². The van der Waals surface area contributed by atoms with Crippen LogP contribution in [0.25, 0.3) is 0 Å². The smallest absolute Gasteiger partial charge is 0.117 e. The molecule has 1 atom stereocenters. The van der Waals surface area contributed by atoms with Crippen LogP contribution < -0.4 is 5.73 Å². The first kappa shape index (κ1) is 7.52. The summed E-state index contributed by atoms with van der Waals surface area (Å²) in [6.45, 7) is 1.78. The lowest BCUT2D eigenvalue weighted by Crippen LogP contribution is -2.51. The minimum absolute atomic E-state index is 0.576. The number of rotatable bonds is 0. The first-order valence-electron chi connectivity index (χ1n) is 3.55. The van der Waals surface area contributed by atoms with E-state index in [0.717, 1.165) is 19.4 Å².